The number of unbranched alkanes of at least 4 members (excludes halogenated alkanes) is 35. The molecule has 0 aliphatic heterocycles. The van der Waals surface area contributed by atoms with Crippen LogP contribution in [0.1, 0.15) is 290 Å². The molecule has 0 amide bonds. The summed E-state index contributed by atoms with van der Waals surface area (Å²) in [6, 6.07) is 0. The van der Waals surface area contributed by atoms with Crippen LogP contribution in [0.4, 0.5) is 0 Å². The lowest BCUT2D eigenvalue weighted by molar-refractivity contribution is -0.167. The van der Waals surface area contributed by atoms with Crippen LogP contribution in [0.2, 0.25) is 0 Å². The Morgan fingerprint density at radius 2 is 0.559 bits per heavy atom. The smallest absolute Gasteiger partial charge is 0.306 e. The van der Waals surface area contributed by atoms with Crippen LogP contribution in [0.5, 0.6) is 0 Å². The van der Waals surface area contributed by atoms with E-state index in [9.17, 15) is 14.4 Å². The highest BCUT2D eigenvalue weighted by Gasteiger charge is 2.19. The van der Waals surface area contributed by atoms with Gasteiger partial charge < -0.3 is 14.2 Å². The zero-order chi connectivity index (χ0) is 43.0. The van der Waals surface area contributed by atoms with Crippen LogP contribution in [0, 0.1) is 0 Å². The van der Waals surface area contributed by atoms with Gasteiger partial charge in [-0.3, -0.25) is 14.4 Å². The van der Waals surface area contributed by atoms with Crippen molar-refractivity contribution in [3.63, 3.8) is 0 Å². The molecule has 0 rings (SSSR count). The molecule has 0 aromatic heterocycles. The molecule has 0 spiro atoms. The Morgan fingerprint density at radius 3 is 0.881 bits per heavy atom. The first-order chi connectivity index (χ1) is 29.0. The van der Waals surface area contributed by atoms with E-state index in [1.165, 1.54) is 186 Å². The molecule has 0 fully saturated rings. The maximum absolute atomic E-state index is 12.8. The highest BCUT2D eigenvalue weighted by atomic mass is 16.6. The molecule has 0 aromatic carbocycles. The number of esters is 3. The molecule has 0 aromatic rings. The van der Waals surface area contributed by atoms with Crippen LogP contribution in [0.15, 0.2) is 12.2 Å². The van der Waals surface area contributed by atoms with E-state index in [0.717, 1.165) is 64.2 Å². The highest BCUT2D eigenvalue weighted by Crippen LogP contribution is 2.16. The quantitative estimate of drug-likeness (QED) is 0.0263. The van der Waals surface area contributed by atoms with Crippen molar-refractivity contribution in [1.82, 2.24) is 0 Å². The Labute approximate surface area is 367 Å². The molecule has 1 atom stereocenters. The topological polar surface area (TPSA) is 78.9 Å². The van der Waals surface area contributed by atoms with Gasteiger partial charge in [-0.1, -0.05) is 238 Å². The predicted molar refractivity (Wildman–Crippen MR) is 252 cm³/mol. The van der Waals surface area contributed by atoms with Gasteiger partial charge in [0.1, 0.15) is 13.2 Å². The third-order valence-corrected chi connectivity index (χ3v) is 11.8. The number of hydrogen-bond acceptors (Lipinski definition) is 6. The minimum absolute atomic E-state index is 0.0671. The minimum atomic E-state index is -0.766. The lowest BCUT2D eigenvalue weighted by atomic mass is 10.0. The van der Waals surface area contributed by atoms with Crippen LogP contribution < -0.4 is 0 Å². The summed E-state index contributed by atoms with van der Waals surface area (Å²) < 4.78 is 16.8. The monoisotopic (exact) mass is 833 g/mol. The molecule has 0 unspecified atom stereocenters. The van der Waals surface area contributed by atoms with Crippen LogP contribution in [-0.4, -0.2) is 37.2 Å². The van der Waals surface area contributed by atoms with Crippen molar-refractivity contribution in [3.05, 3.63) is 12.2 Å². The van der Waals surface area contributed by atoms with Gasteiger partial charge in [0.15, 0.2) is 6.10 Å². The van der Waals surface area contributed by atoms with E-state index in [4.69, 9.17) is 14.2 Å². The normalized spacial score (nSPS) is 12.0. The fourth-order valence-corrected chi connectivity index (χ4v) is 7.79. The van der Waals surface area contributed by atoms with E-state index in [1.54, 1.807) is 0 Å². The molecule has 0 saturated carbocycles. The van der Waals surface area contributed by atoms with Gasteiger partial charge in [-0.05, 0) is 44.9 Å². The van der Waals surface area contributed by atoms with Crippen molar-refractivity contribution in [3.8, 4) is 0 Å². The second-order valence-corrected chi connectivity index (χ2v) is 17.8. The van der Waals surface area contributed by atoms with E-state index < -0.39 is 6.10 Å². The SMILES string of the molecule is CCCCC/C=C\CCCCCCCC(=O)OC[C@H](COC(=O)CCCCCCCCCCCCCCCCCC)OC(=O)CCCCCCCCCCCCCCC. The molecule has 0 aliphatic rings. The maximum Gasteiger partial charge on any atom is 0.306 e. The van der Waals surface area contributed by atoms with Crippen molar-refractivity contribution in [1.29, 1.82) is 0 Å². The number of carbonyl (C=O) groups excluding carboxylic acids is 3. The summed E-state index contributed by atoms with van der Waals surface area (Å²) in [5, 5.41) is 0. The zero-order valence-electron chi connectivity index (χ0n) is 39.8. The maximum atomic E-state index is 12.8. The van der Waals surface area contributed by atoms with Gasteiger partial charge in [0.05, 0.1) is 0 Å². The van der Waals surface area contributed by atoms with Gasteiger partial charge in [-0.15, -0.1) is 0 Å². The summed E-state index contributed by atoms with van der Waals surface area (Å²) in [6.45, 7) is 6.64. The Balaban J connectivity index is 4.31. The third kappa shape index (κ3) is 47.1. The largest absolute Gasteiger partial charge is 0.462 e. The summed E-state index contributed by atoms with van der Waals surface area (Å²) >= 11 is 0. The summed E-state index contributed by atoms with van der Waals surface area (Å²) in [4.78, 5) is 37.9. The minimum Gasteiger partial charge on any atom is -0.462 e. The van der Waals surface area contributed by atoms with E-state index in [2.05, 4.69) is 32.9 Å². The Hall–Kier alpha value is -1.85. The van der Waals surface area contributed by atoms with Crippen LogP contribution >= 0.6 is 0 Å². The molecule has 0 N–H and O–H groups in total. The van der Waals surface area contributed by atoms with Crippen molar-refractivity contribution < 1.29 is 28.6 Å². The highest BCUT2D eigenvalue weighted by molar-refractivity contribution is 5.71. The van der Waals surface area contributed by atoms with Gasteiger partial charge in [0.2, 0.25) is 0 Å². The number of allylic oxidation sites excluding steroid dienone is 2. The molecule has 59 heavy (non-hydrogen) atoms. The second-order valence-electron chi connectivity index (χ2n) is 17.8. The van der Waals surface area contributed by atoms with E-state index >= 15 is 0 Å². The summed E-state index contributed by atoms with van der Waals surface area (Å²) in [5.74, 6) is -0.859. The Kier molecular flexibility index (Phi) is 47.3. The molecule has 6 heteroatoms. The second kappa shape index (κ2) is 48.8. The average molecular weight is 833 g/mol. The summed E-state index contributed by atoms with van der Waals surface area (Å²) in [5.41, 5.74) is 0. The molecular weight excluding hydrogens is 733 g/mol. The van der Waals surface area contributed by atoms with Crippen LogP contribution in [-0.2, 0) is 28.6 Å². The number of ether oxygens (including phenoxy) is 3. The molecule has 348 valence electrons. The molecule has 0 heterocycles. The molecule has 0 radical (unpaired) electrons. The first kappa shape index (κ1) is 57.1. The number of hydrogen-bond donors (Lipinski definition) is 0. The molecule has 0 bridgehead atoms. The van der Waals surface area contributed by atoms with Gasteiger partial charge in [-0.2, -0.15) is 0 Å². The van der Waals surface area contributed by atoms with Gasteiger partial charge >= 0.3 is 17.9 Å². The lowest BCUT2D eigenvalue weighted by Gasteiger charge is -2.18. The van der Waals surface area contributed by atoms with Gasteiger partial charge in [-0.25, -0.2) is 0 Å². The van der Waals surface area contributed by atoms with E-state index in [1.807, 2.05) is 0 Å². The molecule has 0 saturated heterocycles. The van der Waals surface area contributed by atoms with Crippen molar-refractivity contribution in [2.45, 2.75) is 297 Å². The standard InChI is InChI=1S/C53H100O6/c1-4-7-10-13-16-19-22-25-26-27-29-31-34-37-40-43-46-52(55)58-49-50(48-57-51(54)45-42-39-36-33-30-24-21-18-15-12-9-6-3)59-53(56)47-44-41-38-35-32-28-23-20-17-14-11-8-5-2/h18,21,50H,4-17,19-20,22-49H2,1-3H3/b21-18-/t50-/m1/s1. The zero-order valence-corrected chi connectivity index (χ0v) is 39.8. The van der Waals surface area contributed by atoms with E-state index in [-0.39, 0.29) is 31.1 Å². The average Bonchev–Trinajstić information content (AvgIpc) is 3.23. The molecular formula is C53H100O6. The van der Waals surface area contributed by atoms with Gasteiger partial charge in [0, 0.05) is 19.3 Å². The number of carbonyl (C=O) groups is 3. The van der Waals surface area contributed by atoms with E-state index in [0.29, 0.717) is 19.3 Å². The first-order valence-corrected chi connectivity index (χ1v) is 26.2. The van der Waals surface area contributed by atoms with Crippen molar-refractivity contribution in [2.75, 3.05) is 13.2 Å². The first-order valence-electron chi connectivity index (χ1n) is 26.2. The van der Waals surface area contributed by atoms with Crippen LogP contribution in [0.25, 0.3) is 0 Å². The number of rotatable bonds is 48. The molecule has 6 nitrogen and oxygen atoms in total. The fourth-order valence-electron chi connectivity index (χ4n) is 7.79. The third-order valence-electron chi connectivity index (χ3n) is 11.8. The lowest BCUT2D eigenvalue weighted by Crippen LogP contribution is -2.30. The fraction of sp³-hybridized carbons (Fsp3) is 0.906. The van der Waals surface area contributed by atoms with Crippen molar-refractivity contribution in [2.24, 2.45) is 0 Å². The Morgan fingerprint density at radius 1 is 0.322 bits per heavy atom. The summed E-state index contributed by atoms with van der Waals surface area (Å²) in [6.07, 6.45) is 53.3. The summed E-state index contributed by atoms with van der Waals surface area (Å²) in [7, 11) is 0. The predicted octanol–water partition coefficient (Wildman–Crippen LogP) is 17.0. The molecule has 0 aliphatic carbocycles. The van der Waals surface area contributed by atoms with Crippen LogP contribution in [0.3, 0.4) is 0 Å². The van der Waals surface area contributed by atoms with Crippen molar-refractivity contribution >= 4 is 17.9 Å². The Bertz CT molecular complexity index is 916. The van der Waals surface area contributed by atoms with Gasteiger partial charge in [0.25, 0.3) is 0 Å².